The highest BCUT2D eigenvalue weighted by Gasteiger charge is 2.56. The zero-order valence-corrected chi connectivity index (χ0v) is 19.2. The highest BCUT2D eigenvalue weighted by Crippen LogP contribution is 2.64. The quantitative estimate of drug-likeness (QED) is 0.442. The van der Waals surface area contributed by atoms with E-state index in [0.29, 0.717) is 27.1 Å². The van der Waals surface area contributed by atoms with Crippen molar-refractivity contribution in [2.45, 2.75) is 115 Å². The molecule has 0 heterocycles. The number of hydrogen-bond acceptors (Lipinski definition) is 0. The predicted octanol–water partition coefficient (Wildman–Crippen LogP) is 8.35. The monoisotopic (exact) mass is 336 g/mol. The van der Waals surface area contributed by atoms with Gasteiger partial charge in [0, 0.05) is 0 Å². The van der Waals surface area contributed by atoms with Crippen LogP contribution in [0.25, 0.3) is 0 Å². The van der Waals surface area contributed by atoms with Gasteiger partial charge >= 0.3 is 0 Å². The summed E-state index contributed by atoms with van der Waals surface area (Å²) in [7, 11) is 0. The highest BCUT2D eigenvalue weighted by molar-refractivity contribution is 5.05. The predicted molar refractivity (Wildman–Crippen MR) is 110 cm³/mol. The Labute approximate surface area is 154 Å². The van der Waals surface area contributed by atoms with Crippen LogP contribution in [0.3, 0.4) is 0 Å². The zero-order valence-electron chi connectivity index (χ0n) is 19.2. The van der Waals surface area contributed by atoms with Crippen LogP contribution >= 0.6 is 0 Å². The van der Waals surface area contributed by atoms with Crippen molar-refractivity contribution >= 4 is 0 Å². The van der Waals surface area contributed by atoms with E-state index in [4.69, 9.17) is 0 Å². The van der Waals surface area contributed by atoms with Gasteiger partial charge < -0.3 is 0 Å². The molecule has 0 heteroatoms. The third kappa shape index (κ3) is 4.39. The molecule has 1 saturated carbocycles. The molecule has 0 saturated heterocycles. The molecule has 2 atom stereocenters. The van der Waals surface area contributed by atoms with Crippen molar-refractivity contribution in [3.63, 3.8) is 0 Å². The summed E-state index contributed by atoms with van der Waals surface area (Å²) in [6.45, 7) is 30.2. The third-order valence-corrected chi connectivity index (χ3v) is 7.99. The van der Waals surface area contributed by atoms with Gasteiger partial charge in [-0.3, -0.25) is 0 Å². The highest BCUT2D eigenvalue weighted by atomic mass is 14.6. The molecule has 0 N–H and O–H groups in total. The molecular weight excluding hydrogens is 288 g/mol. The summed E-state index contributed by atoms with van der Waals surface area (Å²) in [6, 6.07) is 0. The lowest BCUT2D eigenvalue weighted by Gasteiger charge is -2.55. The van der Waals surface area contributed by atoms with E-state index in [1.54, 1.807) is 0 Å². The van der Waals surface area contributed by atoms with Crippen LogP contribution in [-0.4, -0.2) is 0 Å². The van der Waals surface area contributed by atoms with Crippen LogP contribution in [0.1, 0.15) is 115 Å². The summed E-state index contributed by atoms with van der Waals surface area (Å²) in [5.74, 6) is 1.61. The molecule has 0 radical (unpaired) electrons. The molecule has 1 rings (SSSR count). The van der Waals surface area contributed by atoms with Crippen molar-refractivity contribution in [3.05, 3.63) is 0 Å². The van der Waals surface area contributed by atoms with Gasteiger partial charge in [0.15, 0.2) is 0 Å². The van der Waals surface area contributed by atoms with Crippen LogP contribution in [0.2, 0.25) is 0 Å². The minimum absolute atomic E-state index is 0.356. The Morgan fingerprint density at radius 2 is 1.38 bits per heavy atom. The van der Waals surface area contributed by atoms with E-state index in [2.05, 4.69) is 83.1 Å². The standard InChI is InChI=1S/C24H48/c1-13-18-15-21(5,6)17-23(9,10)24(11,12)19(18)22(7,8)16-20(3,4)14-2/h18-19H,13-17H2,1-12H3. The van der Waals surface area contributed by atoms with E-state index < -0.39 is 0 Å². The molecule has 24 heavy (non-hydrogen) atoms. The summed E-state index contributed by atoms with van der Waals surface area (Å²) >= 11 is 0. The van der Waals surface area contributed by atoms with E-state index in [-0.39, 0.29) is 0 Å². The van der Waals surface area contributed by atoms with Crippen molar-refractivity contribution < 1.29 is 0 Å². The minimum Gasteiger partial charge on any atom is -0.0651 e. The van der Waals surface area contributed by atoms with Crippen molar-refractivity contribution in [1.29, 1.82) is 0 Å². The van der Waals surface area contributed by atoms with E-state index >= 15 is 0 Å². The first kappa shape index (κ1) is 22.0. The second-order valence-electron chi connectivity index (χ2n) is 12.5. The molecular formula is C24H48. The van der Waals surface area contributed by atoms with Crippen molar-refractivity contribution in [1.82, 2.24) is 0 Å². The average Bonchev–Trinajstić information content (AvgIpc) is 2.38. The van der Waals surface area contributed by atoms with Gasteiger partial charge in [0.05, 0.1) is 0 Å². The van der Waals surface area contributed by atoms with Crippen LogP contribution in [-0.2, 0) is 0 Å². The Kier molecular flexibility index (Phi) is 6.08. The molecule has 0 aromatic rings. The van der Waals surface area contributed by atoms with E-state index in [9.17, 15) is 0 Å². The number of hydrogen-bond donors (Lipinski definition) is 0. The molecule has 1 aliphatic rings. The maximum absolute atomic E-state index is 2.59. The molecule has 1 aliphatic carbocycles. The molecule has 2 unspecified atom stereocenters. The Hall–Kier alpha value is 0. The zero-order chi connectivity index (χ0) is 19.2. The Balaban J connectivity index is 3.42. The SMILES string of the molecule is CCC1CC(C)(C)CC(C)(C)C(C)(C)C1C(C)(C)CC(C)(C)CC. The van der Waals surface area contributed by atoms with Gasteiger partial charge in [-0.05, 0) is 58.2 Å². The Morgan fingerprint density at radius 3 is 1.79 bits per heavy atom. The third-order valence-electron chi connectivity index (χ3n) is 7.99. The first-order chi connectivity index (χ1) is 10.5. The van der Waals surface area contributed by atoms with Crippen molar-refractivity contribution in [2.75, 3.05) is 0 Å². The molecule has 0 aromatic heterocycles. The maximum atomic E-state index is 2.59. The van der Waals surface area contributed by atoms with Gasteiger partial charge in [0.2, 0.25) is 0 Å². The van der Waals surface area contributed by atoms with Gasteiger partial charge in [-0.2, -0.15) is 0 Å². The van der Waals surface area contributed by atoms with Gasteiger partial charge in [-0.15, -0.1) is 0 Å². The average molecular weight is 337 g/mol. The molecule has 0 nitrogen and oxygen atoms in total. The topological polar surface area (TPSA) is 0 Å². The lowest BCUT2D eigenvalue weighted by atomic mass is 9.49. The molecule has 1 fully saturated rings. The minimum atomic E-state index is 0.356. The largest absolute Gasteiger partial charge is 0.0651 e. The second-order valence-corrected chi connectivity index (χ2v) is 12.5. The van der Waals surface area contributed by atoms with Crippen LogP contribution in [0.5, 0.6) is 0 Å². The molecule has 0 amide bonds. The Bertz CT molecular complexity index is 419. The molecule has 0 aliphatic heterocycles. The van der Waals surface area contributed by atoms with E-state index in [0.717, 1.165) is 11.8 Å². The van der Waals surface area contributed by atoms with E-state index in [1.807, 2.05) is 0 Å². The summed E-state index contributed by atoms with van der Waals surface area (Å²) in [5, 5.41) is 0. The molecule has 0 spiro atoms. The fourth-order valence-electron chi connectivity index (χ4n) is 6.80. The fraction of sp³-hybridized carbons (Fsp3) is 1.00. The first-order valence-corrected chi connectivity index (χ1v) is 10.5. The van der Waals surface area contributed by atoms with E-state index in [1.165, 1.54) is 32.1 Å². The van der Waals surface area contributed by atoms with Gasteiger partial charge in [0.1, 0.15) is 0 Å². The summed E-state index contributed by atoms with van der Waals surface area (Å²) in [4.78, 5) is 0. The summed E-state index contributed by atoms with van der Waals surface area (Å²) < 4.78 is 0. The fourth-order valence-corrected chi connectivity index (χ4v) is 6.80. The maximum Gasteiger partial charge on any atom is -0.0267 e. The van der Waals surface area contributed by atoms with Gasteiger partial charge in [0.25, 0.3) is 0 Å². The normalized spacial score (nSPS) is 30.0. The van der Waals surface area contributed by atoms with Crippen LogP contribution < -0.4 is 0 Å². The van der Waals surface area contributed by atoms with Crippen LogP contribution in [0.4, 0.5) is 0 Å². The van der Waals surface area contributed by atoms with Gasteiger partial charge in [-0.25, -0.2) is 0 Å². The van der Waals surface area contributed by atoms with Crippen LogP contribution in [0, 0.1) is 38.9 Å². The molecule has 0 aromatic carbocycles. The molecule has 144 valence electrons. The van der Waals surface area contributed by atoms with Crippen molar-refractivity contribution in [3.8, 4) is 0 Å². The van der Waals surface area contributed by atoms with Crippen molar-refractivity contribution in [2.24, 2.45) is 38.9 Å². The van der Waals surface area contributed by atoms with Crippen LogP contribution in [0.15, 0.2) is 0 Å². The summed E-state index contributed by atoms with van der Waals surface area (Å²) in [5.41, 5.74) is 1.99. The first-order valence-electron chi connectivity index (χ1n) is 10.5. The smallest absolute Gasteiger partial charge is 0.0267 e. The lowest BCUT2D eigenvalue weighted by Crippen LogP contribution is -2.48. The Morgan fingerprint density at radius 1 is 0.875 bits per heavy atom. The number of rotatable bonds is 5. The lowest BCUT2D eigenvalue weighted by molar-refractivity contribution is -0.0661. The van der Waals surface area contributed by atoms with Gasteiger partial charge in [-0.1, -0.05) is 95.9 Å². The molecule has 0 bridgehead atoms. The summed E-state index contributed by atoms with van der Waals surface area (Å²) in [6.07, 6.45) is 6.65. The second kappa shape index (κ2) is 6.62.